The maximum atomic E-state index is 10.8. The molecule has 1 aromatic carbocycles. The van der Waals surface area contributed by atoms with Crippen LogP contribution in [0.3, 0.4) is 0 Å². The highest BCUT2D eigenvalue weighted by Crippen LogP contribution is 2.11. The van der Waals surface area contributed by atoms with Crippen LogP contribution in [-0.2, 0) is 4.79 Å². The van der Waals surface area contributed by atoms with Gasteiger partial charge in [-0.15, -0.1) is 0 Å². The molecule has 4 heteroatoms. The third kappa shape index (κ3) is 2.58. The van der Waals surface area contributed by atoms with Gasteiger partial charge >= 0.3 is 0 Å². The van der Waals surface area contributed by atoms with Gasteiger partial charge in [0, 0.05) is 12.6 Å². The van der Waals surface area contributed by atoms with Crippen LogP contribution in [0.25, 0.3) is 0 Å². The number of nitrogens with zero attached hydrogens (tertiary/aromatic N) is 1. The number of hydrogen-bond acceptors (Lipinski definition) is 3. The maximum absolute atomic E-state index is 10.8. The van der Waals surface area contributed by atoms with Gasteiger partial charge in [-0.1, -0.05) is 12.1 Å². The molecular weight excluding hydrogens is 178 g/mol. The number of benzene rings is 1. The molecule has 0 radical (unpaired) electrons. The van der Waals surface area contributed by atoms with Gasteiger partial charge in [0.2, 0.25) is 5.91 Å². The van der Waals surface area contributed by atoms with Gasteiger partial charge in [-0.3, -0.25) is 4.79 Å². The van der Waals surface area contributed by atoms with E-state index < -0.39 is 0 Å². The molecular formula is C10H13N3O. The van der Waals surface area contributed by atoms with Crippen LogP contribution in [-0.4, -0.2) is 11.6 Å². The van der Waals surface area contributed by atoms with E-state index in [2.05, 4.69) is 10.4 Å². The van der Waals surface area contributed by atoms with Crippen molar-refractivity contribution in [2.24, 2.45) is 10.9 Å². The van der Waals surface area contributed by atoms with E-state index in [4.69, 9.17) is 5.84 Å². The molecule has 4 nitrogen and oxygen atoms in total. The van der Waals surface area contributed by atoms with Crippen LogP contribution < -0.4 is 11.2 Å². The molecule has 0 spiro atoms. The summed E-state index contributed by atoms with van der Waals surface area (Å²) in [5, 5.41) is 6.27. The first-order valence-electron chi connectivity index (χ1n) is 4.26. The Kier molecular flexibility index (Phi) is 3.23. The molecule has 3 N–H and O–H groups in total. The number of carbonyl (C=O) groups excluding carboxylic acids is 1. The lowest BCUT2D eigenvalue weighted by atomic mass is 10.1. The average molecular weight is 191 g/mol. The van der Waals surface area contributed by atoms with Crippen molar-refractivity contribution < 1.29 is 4.79 Å². The molecule has 74 valence electrons. The first-order chi connectivity index (χ1) is 6.63. The Morgan fingerprint density at radius 2 is 2.14 bits per heavy atom. The second kappa shape index (κ2) is 4.41. The van der Waals surface area contributed by atoms with Gasteiger partial charge in [0.25, 0.3) is 0 Å². The highest BCUT2D eigenvalue weighted by atomic mass is 16.1. The molecule has 0 atom stereocenters. The molecule has 0 aliphatic heterocycles. The Hall–Kier alpha value is -1.84. The van der Waals surface area contributed by atoms with E-state index in [-0.39, 0.29) is 5.91 Å². The van der Waals surface area contributed by atoms with Crippen molar-refractivity contribution in [1.82, 2.24) is 0 Å². The van der Waals surface area contributed by atoms with E-state index in [0.29, 0.717) is 0 Å². The molecule has 1 amide bonds. The second-order valence-electron chi connectivity index (χ2n) is 2.98. The summed E-state index contributed by atoms with van der Waals surface area (Å²) in [5.41, 5.74) is 2.38. The quantitative estimate of drug-likeness (QED) is 0.420. The number of rotatable bonds is 2. The van der Waals surface area contributed by atoms with Gasteiger partial charge in [0.05, 0.1) is 5.71 Å². The van der Waals surface area contributed by atoms with Gasteiger partial charge in [-0.05, 0) is 24.6 Å². The zero-order valence-electron chi connectivity index (χ0n) is 8.24. The van der Waals surface area contributed by atoms with E-state index >= 15 is 0 Å². The van der Waals surface area contributed by atoms with Crippen molar-refractivity contribution in [2.75, 3.05) is 5.32 Å². The van der Waals surface area contributed by atoms with Crippen molar-refractivity contribution in [3.8, 4) is 0 Å². The van der Waals surface area contributed by atoms with E-state index in [1.54, 1.807) is 0 Å². The molecule has 0 heterocycles. The standard InChI is InChI=1S/C10H13N3O/c1-7(13-11)9-4-3-5-10(6-9)12-8(2)14/h3-6H,11H2,1-2H3,(H,12,14)/b13-7-. The number of carbonyl (C=O) groups is 1. The molecule has 1 rings (SSSR count). The van der Waals surface area contributed by atoms with Crippen molar-refractivity contribution in [1.29, 1.82) is 0 Å². The summed E-state index contributed by atoms with van der Waals surface area (Å²) in [6, 6.07) is 7.37. The number of nitrogens with one attached hydrogen (secondary N) is 1. The molecule has 1 aromatic rings. The predicted molar refractivity (Wildman–Crippen MR) is 57.1 cm³/mol. The predicted octanol–water partition coefficient (Wildman–Crippen LogP) is 1.33. The summed E-state index contributed by atoms with van der Waals surface area (Å²) in [6.07, 6.45) is 0. The SMILES string of the molecule is CC(=O)Nc1cccc(/C(C)=N\N)c1. The van der Waals surface area contributed by atoms with Crippen molar-refractivity contribution in [3.63, 3.8) is 0 Å². The monoisotopic (exact) mass is 191 g/mol. The normalized spacial score (nSPS) is 11.1. The molecule has 0 aromatic heterocycles. The Bertz CT molecular complexity index is 371. The Morgan fingerprint density at radius 3 is 2.71 bits per heavy atom. The first kappa shape index (κ1) is 10.2. The summed E-state index contributed by atoms with van der Waals surface area (Å²) < 4.78 is 0. The van der Waals surface area contributed by atoms with Crippen LogP contribution in [0, 0.1) is 0 Å². The Balaban J connectivity index is 2.95. The minimum Gasteiger partial charge on any atom is -0.326 e. The van der Waals surface area contributed by atoms with Gasteiger partial charge in [0.1, 0.15) is 0 Å². The topological polar surface area (TPSA) is 67.5 Å². The minimum absolute atomic E-state index is 0.0931. The lowest BCUT2D eigenvalue weighted by molar-refractivity contribution is -0.114. The zero-order chi connectivity index (χ0) is 10.6. The summed E-state index contributed by atoms with van der Waals surface area (Å²) in [5.74, 6) is 5.06. The molecule has 0 saturated carbocycles. The van der Waals surface area contributed by atoms with Crippen molar-refractivity contribution in [2.45, 2.75) is 13.8 Å². The highest BCUT2D eigenvalue weighted by molar-refractivity contribution is 6.00. The molecule has 0 unspecified atom stereocenters. The van der Waals surface area contributed by atoms with Gasteiger partial charge < -0.3 is 11.2 Å². The Labute approximate surface area is 82.8 Å². The first-order valence-corrected chi connectivity index (χ1v) is 4.26. The van der Waals surface area contributed by atoms with Crippen LogP contribution in [0.1, 0.15) is 19.4 Å². The molecule has 0 saturated heterocycles. The van der Waals surface area contributed by atoms with E-state index in [1.807, 2.05) is 31.2 Å². The molecule has 14 heavy (non-hydrogen) atoms. The van der Waals surface area contributed by atoms with Crippen LogP contribution in [0.5, 0.6) is 0 Å². The molecule has 0 aliphatic rings. The molecule has 0 aliphatic carbocycles. The third-order valence-corrected chi connectivity index (χ3v) is 1.79. The van der Waals surface area contributed by atoms with Gasteiger partial charge in [0.15, 0.2) is 0 Å². The highest BCUT2D eigenvalue weighted by Gasteiger charge is 1.99. The molecule has 0 fully saturated rings. The summed E-state index contributed by atoms with van der Waals surface area (Å²) in [4.78, 5) is 10.8. The van der Waals surface area contributed by atoms with Crippen LogP contribution >= 0.6 is 0 Å². The second-order valence-corrected chi connectivity index (χ2v) is 2.98. The summed E-state index contributed by atoms with van der Waals surface area (Å²) >= 11 is 0. The van der Waals surface area contributed by atoms with Gasteiger partial charge in [-0.2, -0.15) is 5.10 Å². The number of nitrogens with two attached hydrogens (primary N) is 1. The van der Waals surface area contributed by atoms with Crippen LogP contribution in [0.15, 0.2) is 29.4 Å². The van der Waals surface area contributed by atoms with Crippen molar-refractivity contribution in [3.05, 3.63) is 29.8 Å². The fourth-order valence-corrected chi connectivity index (χ4v) is 1.10. The van der Waals surface area contributed by atoms with E-state index in [1.165, 1.54) is 6.92 Å². The summed E-state index contributed by atoms with van der Waals surface area (Å²) in [6.45, 7) is 3.28. The van der Waals surface area contributed by atoms with Crippen LogP contribution in [0.2, 0.25) is 0 Å². The molecule has 0 bridgehead atoms. The lowest BCUT2D eigenvalue weighted by Crippen LogP contribution is -2.07. The number of amides is 1. The van der Waals surface area contributed by atoms with Gasteiger partial charge in [-0.25, -0.2) is 0 Å². The number of hydrogen-bond donors (Lipinski definition) is 2. The van der Waals surface area contributed by atoms with Crippen molar-refractivity contribution >= 4 is 17.3 Å². The maximum Gasteiger partial charge on any atom is 0.221 e. The fourth-order valence-electron chi connectivity index (χ4n) is 1.10. The Morgan fingerprint density at radius 1 is 1.43 bits per heavy atom. The smallest absolute Gasteiger partial charge is 0.221 e. The summed E-state index contributed by atoms with van der Waals surface area (Å²) in [7, 11) is 0. The third-order valence-electron chi connectivity index (χ3n) is 1.79. The average Bonchev–Trinajstić information content (AvgIpc) is 2.16. The zero-order valence-corrected chi connectivity index (χ0v) is 8.24. The fraction of sp³-hybridized carbons (Fsp3) is 0.200. The van der Waals surface area contributed by atoms with Crippen LogP contribution in [0.4, 0.5) is 5.69 Å². The van der Waals surface area contributed by atoms with E-state index in [9.17, 15) is 4.79 Å². The lowest BCUT2D eigenvalue weighted by Gasteiger charge is -2.04. The van der Waals surface area contributed by atoms with E-state index in [0.717, 1.165) is 17.0 Å². The number of anilines is 1. The largest absolute Gasteiger partial charge is 0.326 e. The minimum atomic E-state index is -0.0931. The number of hydrazone groups is 1.